The van der Waals surface area contributed by atoms with E-state index < -0.39 is 24.0 Å². The molecule has 0 unspecified atom stereocenters. The fraction of sp³-hybridized carbons (Fsp3) is 0.0870. The second-order valence-corrected chi connectivity index (χ2v) is 6.21. The van der Waals surface area contributed by atoms with E-state index >= 15 is 0 Å². The second kappa shape index (κ2) is 8.77. The van der Waals surface area contributed by atoms with Crippen molar-refractivity contribution in [3.05, 3.63) is 90.0 Å². The van der Waals surface area contributed by atoms with Crippen molar-refractivity contribution < 1.29 is 24.2 Å². The van der Waals surface area contributed by atoms with Crippen molar-refractivity contribution >= 4 is 17.5 Å². The van der Waals surface area contributed by atoms with Crippen molar-refractivity contribution in [2.24, 2.45) is 0 Å². The molecular formula is C23H18O5. The molecule has 3 rings (SSSR count). The minimum atomic E-state index is -1.61. The minimum Gasteiger partial charge on any atom is -0.489 e. The smallest absolute Gasteiger partial charge is 0.372 e. The highest BCUT2D eigenvalue weighted by Gasteiger charge is 2.18. The maximum Gasteiger partial charge on any atom is 0.372 e. The average Bonchev–Trinajstić information content (AvgIpc) is 2.73. The molecule has 3 aromatic carbocycles. The number of carbonyl (C=O) groups excluding carboxylic acids is 2. The molecule has 140 valence electrons. The summed E-state index contributed by atoms with van der Waals surface area (Å²) in [6.45, 7) is 0.320. The van der Waals surface area contributed by atoms with Crippen LogP contribution in [0, 0.1) is 0 Å². The van der Waals surface area contributed by atoms with E-state index in [4.69, 9.17) is 9.84 Å². The van der Waals surface area contributed by atoms with Gasteiger partial charge in [0.05, 0.1) is 6.42 Å². The third-order valence-corrected chi connectivity index (χ3v) is 4.18. The number of rotatable bonds is 8. The number of hydrogen-bond donors (Lipinski definition) is 1. The fourth-order valence-electron chi connectivity index (χ4n) is 2.67. The second-order valence-electron chi connectivity index (χ2n) is 6.21. The Morgan fingerprint density at radius 2 is 1.46 bits per heavy atom. The van der Waals surface area contributed by atoms with Gasteiger partial charge in [-0.25, -0.2) is 4.79 Å². The summed E-state index contributed by atoms with van der Waals surface area (Å²) in [5, 5.41) is 8.61. The highest BCUT2D eigenvalue weighted by Crippen LogP contribution is 2.21. The lowest BCUT2D eigenvalue weighted by Gasteiger charge is -2.09. The SMILES string of the molecule is O=C(O)C(=O)CC(=O)c1cccc(OCc2ccc(-c3ccccc3)cc2)c1. The van der Waals surface area contributed by atoms with Crippen molar-refractivity contribution in [1.29, 1.82) is 0 Å². The zero-order valence-corrected chi connectivity index (χ0v) is 15.0. The fourth-order valence-corrected chi connectivity index (χ4v) is 2.67. The van der Waals surface area contributed by atoms with Crippen LogP contribution in [-0.4, -0.2) is 22.6 Å². The maximum absolute atomic E-state index is 12.0. The first-order chi connectivity index (χ1) is 13.5. The zero-order chi connectivity index (χ0) is 19.9. The molecule has 0 atom stereocenters. The number of benzene rings is 3. The van der Waals surface area contributed by atoms with Crippen LogP contribution in [0.3, 0.4) is 0 Å². The summed E-state index contributed by atoms with van der Waals surface area (Å²) in [5.74, 6) is -2.82. The number of carbonyl (C=O) groups is 3. The molecule has 0 heterocycles. The summed E-state index contributed by atoms with van der Waals surface area (Å²) < 4.78 is 5.73. The number of ether oxygens (including phenoxy) is 1. The van der Waals surface area contributed by atoms with Gasteiger partial charge in [0.1, 0.15) is 12.4 Å². The minimum absolute atomic E-state index is 0.242. The third kappa shape index (κ3) is 4.92. The molecule has 0 aliphatic carbocycles. The Balaban J connectivity index is 1.62. The van der Waals surface area contributed by atoms with Gasteiger partial charge in [-0.05, 0) is 28.8 Å². The van der Waals surface area contributed by atoms with Crippen LogP contribution in [0.1, 0.15) is 22.3 Å². The van der Waals surface area contributed by atoms with Crippen molar-refractivity contribution in [3.63, 3.8) is 0 Å². The molecule has 5 heteroatoms. The van der Waals surface area contributed by atoms with Crippen molar-refractivity contribution in [3.8, 4) is 16.9 Å². The van der Waals surface area contributed by atoms with E-state index in [0.29, 0.717) is 12.4 Å². The Morgan fingerprint density at radius 3 is 2.14 bits per heavy atom. The predicted molar refractivity (Wildman–Crippen MR) is 104 cm³/mol. The van der Waals surface area contributed by atoms with Gasteiger partial charge in [0, 0.05) is 5.56 Å². The van der Waals surface area contributed by atoms with Gasteiger partial charge in [-0.15, -0.1) is 0 Å². The summed E-state index contributed by atoms with van der Waals surface area (Å²) in [4.78, 5) is 33.8. The molecule has 0 spiro atoms. The van der Waals surface area contributed by atoms with Crippen LogP contribution in [0.15, 0.2) is 78.9 Å². The van der Waals surface area contributed by atoms with Crippen LogP contribution in [0.25, 0.3) is 11.1 Å². The van der Waals surface area contributed by atoms with Gasteiger partial charge >= 0.3 is 5.97 Å². The lowest BCUT2D eigenvalue weighted by molar-refractivity contribution is -0.148. The summed E-state index contributed by atoms with van der Waals surface area (Å²) in [7, 11) is 0. The quantitative estimate of drug-likeness (QED) is 0.364. The molecule has 0 saturated heterocycles. The van der Waals surface area contributed by atoms with E-state index in [1.807, 2.05) is 54.6 Å². The molecule has 1 N–H and O–H groups in total. The molecule has 0 fully saturated rings. The molecule has 28 heavy (non-hydrogen) atoms. The third-order valence-electron chi connectivity index (χ3n) is 4.18. The highest BCUT2D eigenvalue weighted by atomic mass is 16.5. The molecule has 0 aromatic heterocycles. The van der Waals surface area contributed by atoms with Gasteiger partial charge in [0.15, 0.2) is 5.78 Å². The molecule has 3 aromatic rings. The predicted octanol–water partition coefficient (Wildman–Crippen LogP) is 4.16. The summed E-state index contributed by atoms with van der Waals surface area (Å²) in [6.07, 6.45) is -0.667. The van der Waals surface area contributed by atoms with Crippen molar-refractivity contribution in [2.45, 2.75) is 13.0 Å². The number of aliphatic carboxylic acids is 1. The first-order valence-electron chi connectivity index (χ1n) is 8.69. The molecule has 0 aliphatic heterocycles. The van der Waals surface area contributed by atoms with Crippen LogP contribution in [-0.2, 0) is 16.2 Å². The monoisotopic (exact) mass is 374 g/mol. The Hall–Kier alpha value is -3.73. The average molecular weight is 374 g/mol. The van der Waals surface area contributed by atoms with Gasteiger partial charge in [-0.2, -0.15) is 0 Å². The Kier molecular flexibility index (Phi) is 5.97. The zero-order valence-electron chi connectivity index (χ0n) is 15.0. The molecule has 0 saturated carbocycles. The van der Waals surface area contributed by atoms with E-state index in [2.05, 4.69) is 0 Å². The Morgan fingerprint density at radius 1 is 0.786 bits per heavy atom. The van der Waals surface area contributed by atoms with E-state index in [1.165, 1.54) is 12.1 Å². The lowest BCUT2D eigenvalue weighted by atomic mass is 10.0. The molecule has 0 bridgehead atoms. The van der Waals surface area contributed by atoms with Gasteiger partial charge in [-0.3, -0.25) is 9.59 Å². The normalized spacial score (nSPS) is 10.3. The summed E-state index contributed by atoms with van der Waals surface area (Å²) in [6, 6.07) is 24.4. The van der Waals surface area contributed by atoms with Gasteiger partial charge in [0.2, 0.25) is 5.78 Å². The van der Waals surface area contributed by atoms with Crippen molar-refractivity contribution in [2.75, 3.05) is 0 Å². The van der Waals surface area contributed by atoms with Crippen LogP contribution in [0.5, 0.6) is 5.75 Å². The maximum atomic E-state index is 12.0. The molecular weight excluding hydrogens is 356 g/mol. The van der Waals surface area contributed by atoms with Crippen LogP contribution >= 0.6 is 0 Å². The first-order valence-corrected chi connectivity index (χ1v) is 8.69. The molecule has 5 nitrogen and oxygen atoms in total. The summed E-state index contributed by atoms with van der Waals surface area (Å²) in [5.41, 5.74) is 3.46. The number of ketones is 2. The van der Waals surface area contributed by atoms with Gasteiger partial charge in [-0.1, -0.05) is 66.7 Å². The van der Waals surface area contributed by atoms with Gasteiger partial charge in [0.25, 0.3) is 0 Å². The topological polar surface area (TPSA) is 80.7 Å². The first kappa shape index (κ1) is 19.0. The lowest BCUT2D eigenvalue weighted by Crippen LogP contribution is -2.17. The number of carboxylic acid groups (broad SMARTS) is 1. The van der Waals surface area contributed by atoms with Crippen LogP contribution < -0.4 is 4.74 Å². The van der Waals surface area contributed by atoms with Crippen LogP contribution in [0.4, 0.5) is 0 Å². The summed E-state index contributed by atoms with van der Waals surface area (Å²) >= 11 is 0. The van der Waals surface area contributed by atoms with Crippen molar-refractivity contribution in [1.82, 2.24) is 0 Å². The highest BCUT2D eigenvalue weighted by molar-refractivity contribution is 6.37. The molecule has 0 amide bonds. The Labute approximate surface area is 162 Å². The van der Waals surface area contributed by atoms with E-state index in [9.17, 15) is 14.4 Å². The van der Waals surface area contributed by atoms with Crippen LogP contribution in [0.2, 0.25) is 0 Å². The van der Waals surface area contributed by atoms with E-state index in [-0.39, 0.29) is 5.56 Å². The Bertz CT molecular complexity index is 991. The number of hydrogen-bond acceptors (Lipinski definition) is 4. The van der Waals surface area contributed by atoms with E-state index in [1.54, 1.807) is 12.1 Å². The van der Waals surface area contributed by atoms with Gasteiger partial charge < -0.3 is 9.84 Å². The number of Topliss-reactive ketones (excluding diaryl/α,β-unsaturated/α-hetero) is 2. The standard InChI is InChI=1S/C23H18O5/c24-21(14-22(25)23(26)27)19-7-4-8-20(13-19)28-15-16-9-11-18(12-10-16)17-5-2-1-3-6-17/h1-13H,14-15H2,(H,26,27). The number of carboxylic acids is 1. The largest absolute Gasteiger partial charge is 0.489 e. The molecule has 0 radical (unpaired) electrons. The molecule has 0 aliphatic rings. The van der Waals surface area contributed by atoms with E-state index in [0.717, 1.165) is 16.7 Å².